The summed E-state index contributed by atoms with van der Waals surface area (Å²) in [6.45, 7) is 2.82. The van der Waals surface area contributed by atoms with Crippen molar-refractivity contribution < 1.29 is 12.8 Å². The summed E-state index contributed by atoms with van der Waals surface area (Å²) in [5.74, 6) is -0.637. The first kappa shape index (κ1) is 19.1. The molecule has 0 aliphatic carbocycles. The van der Waals surface area contributed by atoms with Crippen LogP contribution in [0.5, 0.6) is 0 Å². The molecular formula is C17H20FN3O2S2. The maximum Gasteiger partial charge on any atom is 0.262 e. The number of halogens is 1. The second-order valence-electron chi connectivity index (χ2n) is 5.35. The zero-order valence-electron chi connectivity index (χ0n) is 13.8. The SMILES string of the molecule is CCCCNC(=S)Nc1cccc(S(=O)(=O)Nc2ccccc2F)c1. The largest absolute Gasteiger partial charge is 0.362 e. The lowest BCUT2D eigenvalue weighted by molar-refractivity contribution is 0.598. The number of rotatable bonds is 7. The van der Waals surface area contributed by atoms with Crippen molar-refractivity contribution in [3.8, 4) is 0 Å². The van der Waals surface area contributed by atoms with Crippen LogP contribution in [0.15, 0.2) is 53.4 Å². The highest BCUT2D eigenvalue weighted by Crippen LogP contribution is 2.21. The topological polar surface area (TPSA) is 70.2 Å². The summed E-state index contributed by atoms with van der Waals surface area (Å²) in [7, 11) is -3.91. The molecule has 0 radical (unpaired) electrons. The third-order valence-corrected chi connectivity index (χ3v) is 4.95. The Morgan fingerprint density at radius 1 is 1.16 bits per heavy atom. The van der Waals surface area contributed by atoms with Gasteiger partial charge in [-0.1, -0.05) is 31.5 Å². The summed E-state index contributed by atoms with van der Waals surface area (Å²) in [6, 6.07) is 11.8. The first-order valence-electron chi connectivity index (χ1n) is 7.84. The number of nitrogens with one attached hydrogen (secondary N) is 3. The summed E-state index contributed by atoms with van der Waals surface area (Å²) >= 11 is 5.17. The maximum absolute atomic E-state index is 13.7. The van der Waals surface area contributed by atoms with Crippen molar-refractivity contribution in [3.05, 3.63) is 54.3 Å². The summed E-state index contributed by atoms with van der Waals surface area (Å²) in [5.41, 5.74) is 0.433. The van der Waals surface area contributed by atoms with Gasteiger partial charge in [-0.3, -0.25) is 4.72 Å². The molecule has 0 aliphatic heterocycles. The van der Waals surface area contributed by atoms with Gasteiger partial charge in [0.2, 0.25) is 0 Å². The van der Waals surface area contributed by atoms with E-state index in [0.717, 1.165) is 19.4 Å². The quantitative estimate of drug-likeness (QED) is 0.504. The summed E-state index contributed by atoms with van der Waals surface area (Å²) < 4.78 is 40.8. The summed E-state index contributed by atoms with van der Waals surface area (Å²) in [4.78, 5) is 0.0112. The van der Waals surface area contributed by atoms with Crippen LogP contribution in [0.4, 0.5) is 15.8 Å². The number of hydrogen-bond donors (Lipinski definition) is 3. The van der Waals surface area contributed by atoms with Crippen molar-refractivity contribution in [1.29, 1.82) is 0 Å². The molecule has 0 aliphatic rings. The van der Waals surface area contributed by atoms with Crippen LogP contribution in [0.2, 0.25) is 0 Å². The molecule has 8 heteroatoms. The standard InChI is InChI=1S/C17H20FN3O2S2/c1-2-3-11-19-17(24)20-13-7-6-8-14(12-13)25(22,23)21-16-10-5-4-9-15(16)18/h4-10,12,21H,2-3,11H2,1H3,(H2,19,20,24). The molecule has 2 rings (SSSR count). The number of anilines is 2. The van der Waals surface area contributed by atoms with Crippen LogP contribution < -0.4 is 15.4 Å². The molecule has 0 atom stereocenters. The van der Waals surface area contributed by atoms with E-state index in [-0.39, 0.29) is 10.6 Å². The van der Waals surface area contributed by atoms with Crippen molar-refractivity contribution in [2.45, 2.75) is 24.7 Å². The van der Waals surface area contributed by atoms with Crippen molar-refractivity contribution in [3.63, 3.8) is 0 Å². The van der Waals surface area contributed by atoms with E-state index in [2.05, 4.69) is 22.3 Å². The molecular weight excluding hydrogens is 361 g/mol. The molecule has 2 aromatic carbocycles. The van der Waals surface area contributed by atoms with Crippen LogP contribution in [0.3, 0.4) is 0 Å². The molecule has 134 valence electrons. The van der Waals surface area contributed by atoms with Gasteiger partial charge in [-0.15, -0.1) is 0 Å². The van der Waals surface area contributed by atoms with Crippen molar-refractivity contribution in [1.82, 2.24) is 5.32 Å². The van der Waals surface area contributed by atoms with Crippen molar-refractivity contribution in [2.24, 2.45) is 0 Å². The highest BCUT2D eigenvalue weighted by molar-refractivity contribution is 7.92. The Hall–Kier alpha value is -2.19. The first-order valence-corrected chi connectivity index (χ1v) is 9.74. The van der Waals surface area contributed by atoms with Gasteiger partial charge in [0, 0.05) is 12.2 Å². The number of sulfonamides is 1. The Morgan fingerprint density at radius 3 is 2.64 bits per heavy atom. The predicted molar refractivity (Wildman–Crippen MR) is 103 cm³/mol. The van der Waals surface area contributed by atoms with E-state index < -0.39 is 15.8 Å². The highest BCUT2D eigenvalue weighted by Gasteiger charge is 2.16. The molecule has 0 aromatic heterocycles. The van der Waals surface area contributed by atoms with Crippen LogP contribution in [0.25, 0.3) is 0 Å². The lowest BCUT2D eigenvalue weighted by Crippen LogP contribution is -2.29. The van der Waals surface area contributed by atoms with Gasteiger partial charge in [-0.05, 0) is 49.0 Å². The molecule has 0 fully saturated rings. The normalized spacial score (nSPS) is 11.0. The lowest BCUT2D eigenvalue weighted by atomic mass is 10.3. The summed E-state index contributed by atoms with van der Waals surface area (Å²) in [6.07, 6.45) is 2.04. The van der Waals surface area contributed by atoms with Crippen LogP contribution >= 0.6 is 12.2 Å². The van der Waals surface area contributed by atoms with Crippen molar-refractivity contribution in [2.75, 3.05) is 16.6 Å². The van der Waals surface area contributed by atoms with Crippen LogP contribution in [0, 0.1) is 5.82 Å². The smallest absolute Gasteiger partial charge is 0.262 e. The molecule has 0 spiro atoms. The van der Waals surface area contributed by atoms with Gasteiger partial charge >= 0.3 is 0 Å². The zero-order valence-corrected chi connectivity index (χ0v) is 15.4. The first-order chi connectivity index (χ1) is 11.9. The number of unbranched alkanes of at least 4 members (excludes halogenated alkanes) is 1. The van der Waals surface area contributed by atoms with Gasteiger partial charge in [-0.2, -0.15) is 0 Å². The van der Waals surface area contributed by atoms with E-state index in [4.69, 9.17) is 12.2 Å². The fourth-order valence-electron chi connectivity index (χ4n) is 2.04. The molecule has 2 aromatic rings. The third kappa shape index (κ3) is 5.68. The van der Waals surface area contributed by atoms with E-state index in [1.54, 1.807) is 18.2 Å². The van der Waals surface area contributed by atoms with Crippen LogP contribution in [0.1, 0.15) is 19.8 Å². The predicted octanol–water partition coefficient (Wildman–Crippen LogP) is 3.71. The highest BCUT2D eigenvalue weighted by atomic mass is 32.2. The van der Waals surface area contributed by atoms with E-state index in [1.165, 1.54) is 30.3 Å². The maximum atomic E-state index is 13.7. The van der Waals surface area contributed by atoms with Gasteiger partial charge in [-0.25, -0.2) is 12.8 Å². The average Bonchev–Trinajstić information content (AvgIpc) is 2.57. The van der Waals surface area contributed by atoms with Crippen LogP contribution in [-0.2, 0) is 10.0 Å². The number of thiocarbonyl (C=S) groups is 1. The van der Waals surface area contributed by atoms with E-state index in [1.807, 2.05) is 0 Å². The van der Waals surface area contributed by atoms with Crippen LogP contribution in [-0.4, -0.2) is 20.1 Å². The Labute approximate surface area is 152 Å². The van der Waals surface area contributed by atoms with Gasteiger partial charge in [0.25, 0.3) is 10.0 Å². The fourth-order valence-corrected chi connectivity index (χ4v) is 3.38. The fraction of sp³-hybridized carbons (Fsp3) is 0.235. The Bertz CT molecular complexity index is 841. The van der Waals surface area contributed by atoms with Gasteiger partial charge < -0.3 is 10.6 Å². The molecule has 0 saturated heterocycles. The summed E-state index contributed by atoms with van der Waals surface area (Å²) in [5, 5.41) is 6.41. The molecule has 0 bridgehead atoms. The molecule has 0 amide bonds. The lowest BCUT2D eigenvalue weighted by Gasteiger charge is -2.12. The average molecular weight is 381 g/mol. The number of benzene rings is 2. The number of para-hydroxylation sites is 1. The minimum Gasteiger partial charge on any atom is -0.362 e. The molecule has 0 unspecified atom stereocenters. The van der Waals surface area contributed by atoms with E-state index in [0.29, 0.717) is 10.8 Å². The van der Waals surface area contributed by atoms with Crippen molar-refractivity contribution >= 4 is 38.7 Å². The third-order valence-electron chi connectivity index (χ3n) is 3.34. The Kier molecular flexibility index (Phi) is 6.72. The molecule has 25 heavy (non-hydrogen) atoms. The number of hydrogen-bond acceptors (Lipinski definition) is 3. The Balaban J connectivity index is 2.11. The second kappa shape index (κ2) is 8.77. The molecule has 3 N–H and O–H groups in total. The molecule has 5 nitrogen and oxygen atoms in total. The van der Waals surface area contributed by atoms with E-state index in [9.17, 15) is 12.8 Å². The minimum absolute atomic E-state index is 0.0112. The second-order valence-corrected chi connectivity index (χ2v) is 7.44. The van der Waals surface area contributed by atoms with E-state index >= 15 is 0 Å². The van der Waals surface area contributed by atoms with Gasteiger partial charge in [0.1, 0.15) is 5.82 Å². The van der Waals surface area contributed by atoms with Gasteiger partial charge in [0.05, 0.1) is 10.6 Å². The molecule has 0 heterocycles. The Morgan fingerprint density at radius 2 is 1.92 bits per heavy atom. The van der Waals surface area contributed by atoms with Gasteiger partial charge in [0.15, 0.2) is 5.11 Å². The molecule has 0 saturated carbocycles. The monoisotopic (exact) mass is 381 g/mol. The zero-order chi connectivity index (χ0) is 18.3. The minimum atomic E-state index is -3.91.